The maximum Gasteiger partial charge on any atom is 0.223 e. The normalized spacial score (nSPS) is 14.8. The van der Waals surface area contributed by atoms with Crippen LogP contribution in [0.3, 0.4) is 0 Å². The second-order valence-electron chi connectivity index (χ2n) is 7.15. The number of rotatable bonds is 5. The molecule has 1 saturated carbocycles. The standard InChI is InChI=1S/C23H24N2OS/c26-22(19-9-5-2-6-10-19)24-15-17-11-13-20(14-12-17)23-25-21(16-27-23)18-7-3-1-4-8-18/h1,3-4,7-8,11-14,16,19H,2,5-6,9-10,15H2,(H,24,26). The van der Waals surface area contributed by atoms with Crippen LogP contribution in [0.1, 0.15) is 37.7 Å². The molecule has 0 radical (unpaired) electrons. The van der Waals surface area contributed by atoms with E-state index in [1.165, 1.54) is 19.3 Å². The quantitative estimate of drug-likeness (QED) is 0.623. The molecule has 1 fully saturated rings. The first-order valence-electron chi connectivity index (χ1n) is 9.67. The number of aromatic nitrogens is 1. The molecule has 1 aliphatic carbocycles. The van der Waals surface area contributed by atoms with Gasteiger partial charge in [0.1, 0.15) is 5.01 Å². The van der Waals surface area contributed by atoms with Gasteiger partial charge in [0.15, 0.2) is 0 Å². The molecule has 0 spiro atoms. The summed E-state index contributed by atoms with van der Waals surface area (Å²) in [5.41, 5.74) is 4.40. The van der Waals surface area contributed by atoms with Crippen molar-refractivity contribution in [3.05, 3.63) is 65.5 Å². The molecule has 0 aliphatic heterocycles. The summed E-state index contributed by atoms with van der Waals surface area (Å²) >= 11 is 1.66. The minimum atomic E-state index is 0.213. The molecular weight excluding hydrogens is 352 g/mol. The number of carbonyl (C=O) groups excluding carboxylic acids is 1. The van der Waals surface area contributed by atoms with Gasteiger partial charge in [-0.25, -0.2) is 4.98 Å². The molecule has 0 saturated heterocycles. The average molecular weight is 377 g/mol. The van der Waals surface area contributed by atoms with Crippen LogP contribution in [0.25, 0.3) is 21.8 Å². The molecule has 4 rings (SSSR count). The SMILES string of the molecule is O=C(NCc1ccc(-c2nc(-c3ccccc3)cs2)cc1)C1CCCCC1. The van der Waals surface area contributed by atoms with Crippen molar-refractivity contribution in [2.45, 2.75) is 38.6 Å². The highest BCUT2D eigenvalue weighted by Crippen LogP contribution is 2.29. The van der Waals surface area contributed by atoms with Gasteiger partial charge < -0.3 is 5.32 Å². The van der Waals surface area contributed by atoms with E-state index in [0.29, 0.717) is 6.54 Å². The van der Waals surface area contributed by atoms with E-state index >= 15 is 0 Å². The Morgan fingerprint density at radius 3 is 2.44 bits per heavy atom. The summed E-state index contributed by atoms with van der Waals surface area (Å²) < 4.78 is 0. The molecule has 3 aromatic rings. The van der Waals surface area contributed by atoms with Crippen molar-refractivity contribution in [2.24, 2.45) is 5.92 Å². The Morgan fingerprint density at radius 2 is 1.70 bits per heavy atom. The first kappa shape index (κ1) is 17.9. The third-order valence-corrected chi connectivity index (χ3v) is 6.11. The Kier molecular flexibility index (Phi) is 5.64. The van der Waals surface area contributed by atoms with Crippen LogP contribution in [-0.4, -0.2) is 10.9 Å². The molecule has 3 nitrogen and oxygen atoms in total. The maximum absolute atomic E-state index is 12.3. The zero-order valence-corrected chi connectivity index (χ0v) is 16.2. The van der Waals surface area contributed by atoms with E-state index in [0.717, 1.165) is 40.2 Å². The summed E-state index contributed by atoms with van der Waals surface area (Å²) in [6.07, 6.45) is 5.72. The highest BCUT2D eigenvalue weighted by Gasteiger charge is 2.20. The molecule has 1 aliphatic rings. The summed E-state index contributed by atoms with van der Waals surface area (Å²) in [5.74, 6) is 0.427. The fourth-order valence-corrected chi connectivity index (χ4v) is 4.45. The lowest BCUT2D eigenvalue weighted by Gasteiger charge is -2.20. The van der Waals surface area contributed by atoms with E-state index in [4.69, 9.17) is 4.98 Å². The van der Waals surface area contributed by atoms with Gasteiger partial charge in [0, 0.05) is 29.0 Å². The van der Waals surface area contributed by atoms with Crippen molar-refractivity contribution in [1.29, 1.82) is 0 Å². The summed E-state index contributed by atoms with van der Waals surface area (Å²) in [4.78, 5) is 17.0. The van der Waals surface area contributed by atoms with Crippen molar-refractivity contribution in [1.82, 2.24) is 10.3 Å². The van der Waals surface area contributed by atoms with Gasteiger partial charge in [-0.15, -0.1) is 11.3 Å². The number of benzene rings is 2. The Hall–Kier alpha value is -2.46. The van der Waals surface area contributed by atoms with Gasteiger partial charge in [0.25, 0.3) is 0 Å². The molecule has 27 heavy (non-hydrogen) atoms. The first-order chi connectivity index (χ1) is 13.3. The van der Waals surface area contributed by atoms with Crippen LogP contribution < -0.4 is 5.32 Å². The smallest absolute Gasteiger partial charge is 0.223 e. The lowest BCUT2D eigenvalue weighted by molar-refractivity contribution is -0.126. The van der Waals surface area contributed by atoms with Crippen LogP contribution in [0.5, 0.6) is 0 Å². The van der Waals surface area contributed by atoms with Crippen LogP contribution in [0.2, 0.25) is 0 Å². The second kappa shape index (κ2) is 8.49. The predicted octanol–water partition coefficient (Wildman–Crippen LogP) is 5.67. The largest absolute Gasteiger partial charge is 0.352 e. The van der Waals surface area contributed by atoms with E-state index in [-0.39, 0.29) is 11.8 Å². The molecule has 1 aromatic heterocycles. The van der Waals surface area contributed by atoms with Gasteiger partial charge in [-0.05, 0) is 18.4 Å². The second-order valence-corrected chi connectivity index (χ2v) is 8.01. The number of nitrogens with one attached hydrogen (secondary N) is 1. The molecule has 0 bridgehead atoms. The zero-order chi connectivity index (χ0) is 18.5. The third kappa shape index (κ3) is 4.45. The number of hydrogen-bond donors (Lipinski definition) is 1. The van der Waals surface area contributed by atoms with E-state index in [9.17, 15) is 4.79 Å². The lowest BCUT2D eigenvalue weighted by atomic mass is 9.88. The van der Waals surface area contributed by atoms with E-state index in [2.05, 4.69) is 47.1 Å². The minimum Gasteiger partial charge on any atom is -0.352 e. The Bertz CT molecular complexity index is 880. The Labute approximate surface area is 164 Å². The average Bonchev–Trinajstić information content (AvgIpc) is 3.24. The Morgan fingerprint density at radius 1 is 0.963 bits per heavy atom. The highest BCUT2D eigenvalue weighted by molar-refractivity contribution is 7.13. The van der Waals surface area contributed by atoms with E-state index in [1.807, 2.05) is 18.2 Å². The first-order valence-corrected chi connectivity index (χ1v) is 10.6. The maximum atomic E-state index is 12.3. The van der Waals surface area contributed by atoms with Crippen LogP contribution in [0, 0.1) is 5.92 Å². The monoisotopic (exact) mass is 376 g/mol. The van der Waals surface area contributed by atoms with Crippen molar-refractivity contribution in [3.63, 3.8) is 0 Å². The van der Waals surface area contributed by atoms with Crippen LogP contribution in [-0.2, 0) is 11.3 Å². The molecule has 1 N–H and O–H groups in total. The summed E-state index contributed by atoms with van der Waals surface area (Å²) in [7, 11) is 0. The number of amides is 1. The third-order valence-electron chi connectivity index (χ3n) is 5.22. The number of thiazole rings is 1. The number of nitrogens with zero attached hydrogens (tertiary/aromatic N) is 1. The molecule has 0 atom stereocenters. The highest BCUT2D eigenvalue weighted by atomic mass is 32.1. The van der Waals surface area contributed by atoms with Crippen molar-refractivity contribution in [3.8, 4) is 21.8 Å². The van der Waals surface area contributed by atoms with Crippen molar-refractivity contribution >= 4 is 17.2 Å². The van der Waals surface area contributed by atoms with Gasteiger partial charge in [0.2, 0.25) is 5.91 Å². The van der Waals surface area contributed by atoms with Gasteiger partial charge in [-0.1, -0.05) is 73.9 Å². The molecule has 138 valence electrons. The number of carbonyl (C=O) groups is 1. The topological polar surface area (TPSA) is 42.0 Å². The zero-order valence-electron chi connectivity index (χ0n) is 15.4. The fourth-order valence-electron chi connectivity index (χ4n) is 3.61. The summed E-state index contributed by atoms with van der Waals surface area (Å²) in [6, 6.07) is 18.6. The predicted molar refractivity (Wildman–Crippen MR) is 111 cm³/mol. The van der Waals surface area contributed by atoms with Crippen LogP contribution in [0.4, 0.5) is 0 Å². The van der Waals surface area contributed by atoms with E-state index < -0.39 is 0 Å². The summed E-state index contributed by atoms with van der Waals surface area (Å²) in [6.45, 7) is 0.600. The van der Waals surface area contributed by atoms with Crippen LogP contribution >= 0.6 is 11.3 Å². The summed E-state index contributed by atoms with van der Waals surface area (Å²) in [5, 5.41) is 6.22. The Balaban J connectivity index is 1.37. The molecule has 4 heteroatoms. The fraction of sp³-hybridized carbons (Fsp3) is 0.304. The van der Waals surface area contributed by atoms with Gasteiger partial charge >= 0.3 is 0 Å². The van der Waals surface area contributed by atoms with Gasteiger partial charge in [0.05, 0.1) is 5.69 Å². The van der Waals surface area contributed by atoms with Gasteiger partial charge in [-0.3, -0.25) is 4.79 Å². The van der Waals surface area contributed by atoms with Crippen molar-refractivity contribution in [2.75, 3.05) is 0 Å². The van der Waals surface area contributed by atoms with Crippen molar-refractivity contribution < 1.29 is 4.79 Å². The molecule has 1 amide bonds. The molecular formula is C23H24N2OS. The van der Waals surface area contributed by atoms with E-state index in [1.54, 1.807) is 11.3 Å². The molecule has 1 heterocycles. The number of hydrogen-bond acceptors (Lipinski definition) is 3. The molecule has 2 aromatic carbocycles. The van der Waals surface area contributed by atoms with Gasteiger partial charge in [-0.2, -0.15) is 0 Å². The minimum absolute atomic E-state index is 0.213. The molecule has 0 unspecified atom stereocenters. The van der Waals surface area contributed by atoms with Crippen LogP contribution in [0.15, 0.2) is 60.0 Å². The lowest BCUT2D eigenvalue weighted by Crippen LogP contribution is -2.31.